The lowest BCUT2D eigenvalue weighted by Crippen LogP contribution is -1.84. The second kappa shape index (κ2) is 5.09. The minimum atomic E-state index is 1.16. The van der Waals surface area contributed by atoms with Gasteiger partial charge in [0.05, 0.1) is 0 Å². The van der Waals surface area contributed by atoms with E-state index in [1.165, 1.54) is 5.56 Å². The van der Waals surface area contributed by atoms with Crippen molar-refractivity contribution >= 4 is 34.9 Å². The van der Waals surface area contributed by atoms with Gasteiger partial charge in [0.15, 0.2) is 0 Å². The van der Waals surface area contributed by atoms with Gasteiger partial charge < -0.3 is 0 Å². The standard InChI is InChI=1S/C10H10IN/c1-12-8-10-5-3-2-4-9(10)6-7-11/h2-8H,1H3/b7-6+,12-8?. The summed E-state index contributed by atoms with van der Waals surface area (Å²) in [4.78, 5) is 3.99. The molecule has 1 aromatic rings. The Labute approximate surface area is 86.4 Å². The molecule has 0 atom stereocenters. The molecule has 0 saturated heterocycles. The molecular formula is C10H10IN. The van der Waals surface area contributed by atoms with Gasteiger partial charge >= 0.3 is 0 Å². The molecule has 0 unspecified atom stereocenters. The van der Waals surface area contributed by atoms with Crippen LogP contribution in [0.25, 0.3) is 6.08 Å². The van der Waals surface area contributed by atoms with Crippen molar-refractivity contribution in [2.45, 2.75) is 0 Å². The summed E-state index contributed by atoms with van der Waals surface area (Å²) in [5.41, 5.74) is 2.37. The molecule has 0 bridgehead atoms. The van der Waals surface area contributed by atoms with Crippen molar-refractivity contribution in [3.63, 3.8) is 0 Å². The van der Waals surface area contributed by atoms with E-state index in [1.807, 2.05) is 22.4 Å². The highest BCUT2D eigenvalue weighted by Crippen LogP contribution is 2.09. The van der Waals surface area contributed by atoms with E-state index in [1.54, 1.807) is 7.05 Å². The Hall–Kier alpha value is -0.640. The molecule has 1 aromatic carbocycles. The van der Waals surface area contributed by atoms with Gasteiger partial charge in [-0.1, -0.05) is 46.9 Å². The van der Waals surface area contributed by atoms with Crippen molar-refractivity contribution in [2.24, 2.45) is 4.99 Å². The summed E-state index contributed by atoms with van der Waals surface area (Å²) < 4.78 is 2.00. The lowest BCUT2D eigenvalue weighted by molar-refractivity contribution is 1.46. The van der Waals surface area contributed by atoms with Crippen molar-refractivity contribution < 1.29 is 0 Å². The van der Waals surface area contributed by atoms with Gasteiger partial charge in [0, 0.05) is 13.3 Å². The third kappa shape index (κ3) is 2.44. The van der Waals surface area contributed by atoms with Crippen LogP contribution in [-0.4, -0.2) is 13.3 Å². The molecule has 0 fully saturated rings. The molecule has 0 aliphatic carbocycles. The number of hydrogen-bond donors (Lipinski definition) is 0. The van der Waals surface area contributed by atoms with Crippen LogP contribution < -0.4 is 0 Å². The molecular weight excluding hydrogens is 261 g/mol. The van der Waals surface area contributed by atoms with E-state index in [4.69, 9.17) is 0 Å². The Kier molecular flexibility index (Phi) is 4.00. The van der Waals surface area contributed by atoms with Gasteiger partial charge in [0.25, 0.3) is 0 Å². The number of benzene rings is 1. The van der Waals surface area contributed by atoms with Crippen LogP contribution in [0.4, 0.5) is 0 Å². The van der Waals surface area contributed by atoms with E-state index in [0.29, 0.717) is 0 Å². The lowest BCUT2D eigenvalue weighted by atomic mass is 10.1. The molecule has 0 aliphatic heterocycles. The van der Waals surface area contributed by atoms with Crippen LogP contribution in [-0.2, 0) is 0 Å². The number of aliphatic imine (C=N–C) groups is 1. The average molecular weight is 271 g/mol. The SMILES string of the molecule is CN=Cc1ccccc1/C=C/I. The van der Waals surface area contributed by atoms with Crippen LogP contribution in [0, 0.1) is 0 Å². The van der Waals surface area contributed by atoms with E-state index in [-0.39, 0.29) is 0 Å². The number of halogens is 1. The predicted octanol–water partition coefficient (Wildman–Crippen LogP) is 3.14. The summed E-state index contributed by atoms with van der Waals surface area (Å²) in [5.74, 6) is 0. The number of hydrogen-bond acceptors (Lipinski definition) is 1. The molecule has 0 radical (unpaired) electrons. The molecule has 0 aliphatic rings. The summed E-state index contributed by atoms with van der Waals surface area (Å²) in [6.45, 7) is 0. The van der Waals surface area contributed by atoms with Crippen molar-refractivity contribution in [1.29, 1.82) is 0 Å². The van der Waals surface area contributed by atoms with Crippen molar-refractivity contribution in [3.05, 3.63) is 39.5 Å². The molecule has 0 aromatic heterocycles. The maximum atomic E-state index is 3.99. The van der Waals surface area contributed by atoms with E-state index in [2.05, 4.69) is 45.8 Å². The Bertz CT molecular complexity index is 271. The zero-order chi connectivity index (χ0) is 8.81. The zero-order valence-electron chi connectivity index (χ0n) is 6.87. The number of rotatable bonds is 2. The minimum Gasteiger partial charge on any atom is -0.296 e. The van der Waals surface area contributed by atoms with Crippen molar-refractivity contribution in [1.82, 2.24) is 0 Å². The van der Waals surface area contributed by atoms with E-state index >= 15 is 0 Å². The highest BCUT2D eigenvalue weighted by atomic mass is 127. The molecule has 0 heterocycles. The topological polar surface area (TPSA) is 12.4 Å². The van der Waals surface area contributed by atoms with E-state index in [0.717, 1.165) is 5.56 Å². The smallest absolute Gasteiger partial charge is 0.0287 e. The molecule has 62 valence electrons. The van der Waals surface area contributed by atoms with Gasteiger partial charge in [-0.25, -0.2) is 0 Å². The quantitative estimate of drug-likeness (QED) is 0.579. The third-order valence-electron chi connectivity index (χ3n) is 1.51. The minimum absolute atomic E-state index is 1.16. The molecule has 12 heavy (non-hydrogen) atoms. The van der Waals surface area contributed by atoms with Crippen LogP contribution in [0.3, 0.4) is 0 Å². The Morgan fingerprint density at radius 2 is 1.92 bits per heavy atom. The first kappa shape index (κ1) is 9.45. The van der Waals surface area contributed by atoms with Gasteiger partial charge in [0.2, 0.25) is 0 Å². The summed E-state index contributed by atoms with van der Waals surface area (Å²) in [6, 6.07) is 8.17. The van der Waals surface area contributed by atoms with Crippen LogP contribution in [0.2, 0.25) is 0 Å². The van der Waals surface area contributed by atoms with Crippen molar-refractivity contribution in [2.75, 3.05) is 7.05 Å². The van der Waals surface area contributed by atoms with Gasteiger partial charge in [0.1, 0.15) is 0 Å². The highest BCUT2D eigenvalue weighted by molar-refractivity contribution is 14.1. The highest BCUT2D eigenvalue weighted by Gasteiger charge is 1.92. The van der Waals surface area contributed by atoms with Gasteiger partial charge in [-0.15, -0.1) is 0 Å². The third-order valence-corrected chi connectivity index (χ3v) is 1.87. The maximum absolute atomic E-state index is 3.99. The Morgan fingerprint density at radius 3 is 2.50 bits per heavy atom. The predicted molar refractivity (Wildman–Crippen MR) is 63.0 cm³/mol. The average Bonchev–Trinajstić information content (AvgIpc) is 2.09. The molecule has 1 nitrogen and oxygen atoms in total. The first-order valence-corrected chi connectivity index (χ1v) is 4.91. The molecule has 0 N–H and O–H groups in total. The molecule has 1 rings (SSSR count). The van der Waals surface area contributed by atoms with Crippen LogP contribution in [0.1, 0.15) is 11.1 Å². The summed E-state index contributed by atoms with van der Waals surface area (Å²) in [5, 5.41) is 0. The lowest BCUT2D eigenvalue weighted by Gasteiger charge is -1.97. The Morgan fingerprint density at radius 1 is 1.25 bits per heavy atom. The first-order chi connectivity index (χ1) is 5.88. The van der Waals surface area contributed by atoms with E-state index < -0.39 is 0 Å². The van der Waals surface area contributed by atoms with Crippen LogP contribution >= 0.6 is 22.6 Å². The van der Waals surface area contributed by atoms with Crippen molar-refractivity contribution in [3.8, 4) is 0 Å². The second-order valence-electron chi connectivity index (χ2n) is 2.31. The summed E-state index contributed by atoms with van der Waals surface area (Å²) in [6.07, 6.45) is 3.93. The largest absolute Gasteiger partial charge is 0.296 e. The fourth-order valence-electron chi connectivity index (χ4n) is 0.987. The normalized spacial score (nSPS) is 11.5. The molecule has 0 amide bonds. The molecule has 2 heteroatoms. The summed E-state index contributed by atoms with van der Waals surface area (Å²) in [7, 11) is 1.78. The second-order valence-corrected chi connectivity index (χ2v) is 3.03. The fourth-order valence-corrected chi connectivity index (χ4v) is 1.37. The summed E-state index contributed by atoms with van der Waals surface area (Å²) >= 11 is 2.21. The van der Waals surface area contributed by atoms with Gasteiger partial charge in [-0.3, -0.25) is 4.99 Å². The molecule has 0 saturated carbocycles. The van der Waals surface area contributed by atoms with Crippen LogP contribution in [0.5, 0.6) is 0 Å². The molecule has 0 spiro atoms. The van der Waals surface area contributed by atoms with Gasteiger partial charge in [-0.05, 0) is 21.3 Å². The fraction of sp³-hybridized carbons (Fsp3) is 0.100. The van der Waals surface area contributed by atoms with Crippen LogP contribution in [0.15, 0.2) is 33.3 Å². The Balaban J connectivity index is 3.08. The number of nitrogens with zero attached hydrogens (tertiary/aromatic N) is 1. The van der Waals surface area contributed by atoms with E-state index in [9.17, 15) is 0 Å². The van der Waals surface area contributed by atoms with Gasteiger partial charge in [-0.2, -0.15) is 0 Å². The maximum Gasteiger partial charge on any atom is 0.0287 e. The first-order valence-electron chi connectivity index (χ1n) is 3.66. The monoisotopic (exact) mass is 271 g/mol. The zero-order valence-corrected chi connectivity index (χ0v) is 9.02.